The Bertz CT molecular complexity index is 755. The Morgan fingerprint density at radius 1 is 1.35 bits per heavy atom. The highest BCUT2D eigenvalue weighted by Crippen LogP contribution is 2.31. The second-order valence-electron chi connectivity index (χ2n) is 7.10. The van der Waals surface area contributed by atoms with Gasteiger partial charge in [0, 0.05) is 31.9 Å². The molecule has 6 nitrogen and oxygen atoms in total. The Labute approximate surface area is 135 Å². The van der Waals surface area contributed by atoms with Crippen molar-refractivity contribution >= 4 is 17.0 Å². The summed E-state index contributed by atoms with van der Waals surface area (Å²) in [5.74, 6) is 1.45. The van der Waals surface area contributed by atoms with Crippen molar-refractivity contribution in [2.45, 2.75) is 26.7 Å². The van der Waals surface area contributed by atoms with Gasteiger partial charge in [0.15, 0.2) is 0 Å². The molecular formula is C17H22N4O2. The largest absolute Gasteiger partial charge is 0.338 e. The van der Waals surface area contributed by atoms with Crippen molar-refractivity contribution < 1.29 is 9.32 Å². The summed E-state index contributed by atoms with van der Waals surface area (Å²) in [6.07, 6.45) is 0. The van der Waals surface area contributed by atoms with Gasteiger partial charge in [0.25, 0.3) is 11.6 Å². The van der Waals surface area contributed by atoms with Crippen LogP contribution in [0.15, 0.2) is 10.6 Å². The van der Waals surface area contributed by atoms with E-state index in [-0.39, 0.29) is 11.8 Å². The van der Waals surface area contributed by atoms with E-state index in [0.717, 1.165) is 43.0 Å². The maximum Gasteiger partial charge on any atom is 0.259 e. The second-order valence-corrected chi connectivity index (χ2v) is 7.10. The molecule has 2 aromatic heterocycles. The lowest BCUT2D eigenvalue weighted by molar-refractivity contribution is 0.0783. The summed E-state index contributed by atoms with van der Waals surface area (Å²) in [6.45, 7) is 9.70. The quantitative estimate of drug-likeness (QED) is 0.917. The molecule has 2 aromatic rings. The van der Waals surface area contributed by atoms with E-state index in [1.54, 1.807) is 0 Å². The number of hydrogen-bond acceptors (Lipinski definition) is 5. The fraction of sp³-hybridized carbons (Fsp3) is 0.588. The number of nitrogens with one attached hydrogen (secondary N) is 1. The third-order valence-electron chi connectivity index (χ3n) is 5.05. The van der Waals surface area contributed by atoms with Gasteiger partial charge in [-0.15, -0.1) is 0 Å². The first kappa shape index (κ1) is 14.6. The molecule has 2 aliphatic heterocycles. The summed E-state index contributed by atoms with van der Waals surface area (Å²) in [7, 11) is 0. The van der Waals surface area contributed by atoms with Gasteiger partial charge < -0.3 is 14.7 Å². The number of amides is 1. The van der Waals surface area contributed by atoms with Crippen molar-refractivity contribution in [1.29, 1.82) is 0 Å². The van der Waals surface area contributed by atoms with Crippen LogP contribution in [-0.2, 0) is 0 Å². The Kier molecular flexibility index (Phi) is 3.37. The first-order valence-electron chi connectivity index (χ1n) is 8.31. The third-order valence-corrected chi connectivity index (χ3v) is 5.05. The lowest BCUT2D eigenvalue weighted by atomic mass is 10.0. The van der Waals surface area contributed by atoms with E-state index >= 15 is 0 Å². The molecule has 4 heterocycles. The summed E-state index contributed by atoms with van der Waals surface area (Å²) < 4.78 is 5.38. The van der Waals surface area contributed by atoms with Gasteiger partial charge >= 0.3 is 0 Å². The van der Waals surface area contributed by atoms with Gasteiger partial charge in [0.05, 0.1) is 16.6 Å². The highest BCUT2D eigenvalue weighted by atomic mass is 16.5. The summed E-state index contributed by atoms with van der Waals surface area (Å²) >= 11 is 0. The van der Waals surface area contributed by atoms with Gasteiger partial charge in [-0.3, -0.25) is 4.79 Å². The van der Waals surface area contributed by atoms with Crippen LogP contribution in [0.25, 0.3) is 11.1 Å². The van der Waals surface area contributed by atoms with E-state index in [0.29, 0.717) is 23.1 Å². The summed E-state index contributed by atoms with van der Waals surface area (Å²) in [4.78, 5) is 19.5. The predicted molar refractivity (Wildman–Crippen MR) is 86.4 cm³/mol. The first-order chi connectivity index (χ1) is 11.0. The van der Waals surface area contributed by atoms with Crippen molar-refractivity contribution in [3.05, 3.63) is 23.0 Å². The van der Waals surface area contributed by atoms with E-state index in [1.807, 2.05) is 17.9 Å². The number of likely N-dealkylation sites (tertiary alicyclic amines) is 1. The zero-order valence-electron chi connectivity index (χ0n) is 13.8. The Morgan fingerprint density at radius 3 is 2.70 bits per heavy atom. The van der Waals surface area contributed by atoms with E-state index in [1.165, 1.54) is 0 Å². The predicted octanol–water partition coefficient (Wildman–Crippen LogP) is 1.95. The number of fused-ring (bicyclic) bond motifs is 2. The van der Waals surface area contributed by atoms with Crippen molar-refractivity contribution in [2.24, 2.45) is 11.8 Å². The van der Waals surface area contributed by atoms with Crippen LogP contribution in [-0.4, -0.2) is 47.1 Å². The summed E-state index contributed by atoms with van der Waals surface area (Å²) in [6, 6.07) is 1.88. The monoisotopic (exact) mass is 314 g/mol. The van der Waals surface area contributed by atoms with Gasteiger partial charge in [0.2, 0.25) is 0 Å². The molecular weight excluding hydrogens is 292 g/mol. The molecule has 0 spiro atoms. The minimum Gasteiger partial charge on any atom is -0.338 e. The summed E-state index contributed by atoms with van der Waals surface area (Å²) in [5, 5.41) is 8.34. The summed E-state index contributed by atoms with van der Waals surface area (Å²) in [5.41, 5.74) is 2.76. The highest BCUT2D eigenvalue weighted by Gasteiger charge is 2.39. The fourth-order valence-electron chi connectivity index (χ4n) is 3.85. The SMILES string of the molecule is Cc1cc(C(=O)N2C[C@H]3CNC[C@H]3C2)c2c(C(C)C)noc2n1. The Morgan fingerprint density at radius 2 is 2.04 bits per heavy atom. The standard InChI is InChI=1S/C17H22N4O2/c1-9(2)15-14-13(4-10(3)19-16(14)23-20-15)17(22)21-7-11-5-18-6-12(11)8-21/h4,9,11-12,18H,5-8H2,1-3H3/t11-,12+. The van der Waals surface area contributed by atoms with E-state index in [2.05, 4.69) is 29.3 Å². The molecule has 122 valence electrons. The number of carbonyl (C=O) groups is 1. The van der Waals surface area contributed by atoms with Crippen molar-refractivity contribution in [3.63, 3.8) is 0 Å². The number of hydrogen-bond donors (Lipinski definition) is 1. The number of nitrogens with zero attached hydrogens (tertiary/aromatic N) is 3. The van der Waals surface area contributed by atoms with Gasteiger partial charge in [-0.05, 0) is 30.7 Å². The number of aromatic nitrogens is 2. The fourth-order valence-corrected chi connectivity index (χ4v) is 3.85. The molecule has 2 atom stereocenters. The van der Waals surface area contributed by atoms with Crippen LogP contribution in [0, 0.1) is 18.8 Å². The zero-order valence-corrected chi connectivity index (χ0v) is 13.8. The normalized spacial score (nSPS) is 23.9. The van der Waals surface area contributed by atoms with Crippen LogP contribution in [0.3, 0.4) is 0 Å². The first-order valence-corrected chi connectivity index (χ1v) is 8.31. The smallest absolute Gasteiger partial charge is 0.259 e. The van der Waals surface area contributed by atoms with Crippen LogP contribution in [0.5, 0.6) is 0 Å². The molecule has 0 bridgehead atoms. The Balaban J connectivity index is 1.75. The minimum atomic E-state index is 0.0833. The lowest BCUT2D eigenvalue weighted by Crippen LogP contribution is -2.32. The molecule has 4 rings (SSSR count). The maximum absolute atomic E-state index is 13.1. The third kappa shape index (κ3) is 2.32. The van der Waals surface area contributed by atoms with Crippen molar-refractivity contribution in [3.8, 4) is 0 Å². The molecule has 23 heavy (non-hydrogen) atoms. The second kappa shape index (κ2) is 5.30. The Hall–Kier alpha value is -1.95. The van der Waals surface area contributed by atoms with Gasteiger partial charge in [0.1, 0.15) is 0 Å². The molecule has 6 heteroatoms. The topological polar surface area (TPSA) is 71.3 Å². The van der Waals surface area contributed by atoms with E-state index in [9.17, 15) is 4.79 Å². The number of rotatable bonds is 2. The minimum absolute atomic E-state index is 0.0833. The van der Waals surface area contributed by atoms with Crippen LogP contribution in [0.1, 0.15) is 41.5 Å². The van der Waals surface area contributed by atoms with Crippen LogP contribution in [0.4, 0.5) is 0 Å². The van der Waals surface area contributed by atoms with Crippen molar-refractivity contribution in [1.82, 2.24) is 20.4 Å². The van der Waals surface area contributed by atoms with Crippen LogP contribution >= 0.6 is 0 Å². The molecule has 2 fully saturated rings. The van der Waals surface area contributed by atoms with Gasteiger partial charge in [-0.25, -0.2) is 4.98 Å². The molecule has 0 radical (unpaired) electrons. The lowest BCUT2D eigenvalue weighted by Gasteiger charge is -2.18. The molecule has 1 N–H and O–H groups in total. The molecule has 2 aliphatic rings. The van der Waals surface area contributed by atoms with Gasteiger partial charge in [-0.1, -0.05) is 19.0 Å². The molecule has 0 saturated carbocycles. The molecule has 2 saturated heterocycles. The van der Waals surface area contributed by atoms with Crippen LogP contribution in [0.2, 0.25) is 0 Å². The van der Waals surface area contributed by atoms with Crippen molar-refractivity contribution in [2.75, 3.05) is 26.2 Å². The molecule has 0 unspecified atom stereocenters. The average Bonchev–Trinajstić information content (AvgIpc) is 3.18. The van der Waals surface area contributed by atoms with Crippen LogP contribution < -0.4 is 5.32 Å². The molecule has 1 amide bonds. The molecule has 0 aliphatic carbocycles. The number of carbonyl (C=O) groups excluding carboxylic acids is 1. The highest BCUT2D eigenvalue weighted by molar-refractivity contribution is 6.06. The average molecular weight is 314 g/mol. The number of pyridine rings is 1. The zero-order chi connectivity index (χ0) is 16.1. The number of aryl methyl sites for hydroxylation is 1. The van der Waals surface area contributed by atoms with E-state index < -0.39 is 0 Å². The van der Waals surface area contributed by atoms with Gasteiger partial charge in [-0.2, -0.15) is 0 Å². The van der Waals surface area contributed by atoms with E-state index in [4.69, 9.17) is 4.52 Å². The molecule has 0 aromatic carbocycles. The maximum atomic E-state index is 13.1.